The summed E-state index contributed by atoms with van der Waals surface area (Å²) in [4.78, 5) is 29.0. The van der Waals surface area contributed by atoms with Crippen LogP contribution >= 0.6 is 11.6 Å². The molecule has 1 aliphatic rings. The van der Waals surface area contributed by atoms with Crippen molar-refractivity contribution in [3.05, 3.63) is 149 Å². The van der Waals surface area contributed by atoms with Crippen LogP contribution in [0.3, 0.4) is 0 Å². The molecule has 0 fully saturated rings. The van der Waals surface area contributed by atoms with Crippen LogP contribution in [0.4, 0.5) is 17.1 Å². The van der Waals surface area contributed by atoms with Gasteiger partial charge in [0.25, 0.3) is 5.91 Å². The highest BCUT2D eigenvalue weighted by molar-refractivity contribution is 6.31. The Hall–Kier alpha value is -5.09. The zero-order valence-corrected chi connectivity index (χ0v) is 27.2. The third-order valence-corrected chi connectivity index (χ3v) is 9.07. The average molecular weight is 662 g/mol. The van der Waals surface area contributed by atoms with Gasteiger partial charge in [-0.15, -0.1) is 5.10 Å². The van der Waals surface area contributed by atoms with Gasteiger partial charge in [-0.05, 0) is 60.0 Å². The van der Waals surface area contributed by atoms with Crippen LogP contribution in [0.5, 0.6) is 0 Å². The molecule has 1 unspecified atom stereocenters. The van der Waals surface area contributed by atoms with Crippen molar-refractivity contribution in [2.45, 2.75) is 38.0 Å². The summed E-state index contributed by atoms with van der Waals surface area (Å²) < 4.78 is 1.72. The van der Waals surface area contributed by atoms with E-state index >= 15 is 0 Å². The summed E-state index contributed by atoms with van der Waals surface area (Å²) in [6.07, 6.45) is 6.96. The van der Waals surface area contributed by atoms with Crippen molar-refractivity contribution < 1.29 is 19.8 Å². The molecule has 0 spiro atoms. The highest BCUT2D eigenvalue weighted by Crippen LogP contribution is 2.46. The second-order valence-corrected chi connectivity index (χ2v) is 12.3. The Kier molecular flexibility index (Phi) is 9.82. The number of hydrogen-bond acceptors (Lipinski definition) is 6. The molecule has 0 radical (unpaired) electrons. The van der Waals surface area contributed by atoms with Crippen molar-refractivity contribution in [2.24, 2.45) is 5.92 Å². The van der Waals surface area contributed by atoms with Crippen LogP contribution in [0.1, 0.15) is 41.6 Å². The van der Waals surface area contributed by atoms with Gasteiger partial charge in [-0.1, -0.05) is 96.6 Å². The Morgan fingerprint density at radius 3 is 2.33 bits per heavy atom. The number of aryl methyl sites for hydroxylation is 1. The van der Waals surface area contributed by atoms with Gasteiger partial charge in [-0.2, -0.15) is 0 Å². The third-order valence-electron chi connectivity index (χ3n) is 8.83. The summed E-state index contributed by atoms with van der Waals surface area (Å²) >= 11 is 6.37. The zero-order valence-electron chi connectivity index (χ0n) is 26.4. The number of fused-ring (bicyclic) bond motifs is 1. The first-order valence-electron chi connectivity index (χ1n) is 15.8. The van der Waals surface area contributed by atoms with E-state index in [0.717, 1.165) is 23.2 Å². The summed E-state index contributed by atoms with van der Waals surface area (Å²) in [6, 6.07) is 31.6. The van der Waals surface area contributed by atoms with Gasteiger partial charge >= 0.3 is 0 Å². The van der Waals surface area contributed by atoms with Gasteiger partial charge in [-0.3, -0.25) is 19.2 Å². The fourth-order valence-electron chi connectivity index (χ4n) is 6.16. The number of carbonyl (C=O) groups excluding carboxylic acids is 2. The van der Waals surface area contributed by atoms with Crippen LogP contribution in [-0.2, 0) is 28.3 Å². The van der Waals surface area contributed by atoms with Crippen LogP contribution < -0.4 is 9.80 Å². The molecule has 2 amide bonds. The summed E-state index contributed by atoms with van der Waals surface area (Å²) in [7, 11) is 0. The van der Waals surface area contributed by atoms with Crippen LogP contribution in [-0.4, -0.2) is 44.1 Å². The van der Waals surface area contributed by atoms with Gasteiger partial charge in [0.05, 0.1) is 30.5 Å². The second kappa shape index (κ2) is 14.4. The Labute approximate surface area is 284 Å². The number of carbonyl (C=O) groups is 2. The van der Waals surface area contributed by atoms with Gasteiger partial charge < -0.3 is 15.1 Å². The molecule has 0 saturated carbocycles. The normalized spacial score (nSPS) is 17.0. The number of para-hydroxylation sites is 1. The molecule has 5 aromatic rings. The lowest BCUT2D eigenvalue weighted by atomic mass is 9.83. The Balaban J connectivity index is 1.15. The Morgan fingerprint density at radius 2 is 1.65 bits per heavy atom. The fraction of sp³-hybridized carbons (Fsp3) is 0.211. The SMILES string of the molecule is C[C@@H](/C=C/CCn1cc(C(CO)c2ccccc2)nn1)[C@]1(O)C(=O)N(Cc2ccc(N(C=O)c3ccccc3)cc2)c2ccc(Cl)cc21. The number of aliphatic hydroxyl groups is 2. The molecule has 0 bridgehead atoms. The van der Waals surface area contributed by atoms with Crippen LogP contribution in [0.15, 0.2) is 121 Å². The zero-order chi connectivity index (χ0) is 33.7. The van der Waals surface area contributed by atoms with Gasteiger partial charge in [0.1, 0.15) is 0 Å². The minimum Gasteiger partial charge on any atom is -0.395 e. The molecule has 4 aromatic carbocycles. The van der Waals surface area contributed by atoms with E-state index in [2.05, 4.69) is 10.3 Å². The van der Waals surface area contributed by atoms with Crippen molar-refractivity contribution in [3.63, 3.8) is 0 Å². The summed E-state index contributed by atoms with van der Waals surface area (Å²) in [5.41, 5.74) is 3.18. The molecule has 1 aliphatic heterocycles. The minimum atomic E-state index is -1.82. The molecule has 0 saturated heterocycles. The highest BCUT2D eigenvalue weighted by Gasteiger charge is 2.52. The molecule has 10 heteroatoms. The molecule has 6 rings (SSSR count). The molecule has 9 nitrogen and oxygen atoms in total. The lowest BCUT2D eigenvalue weighted by Gasteiger charge is -2.28. The lowest BCUT2D eigenvalue weighted by Crippen LogP contribution is -2.44. The summed E-state index contributed by atoms with van der Waals surface area (Å²) in [6.45, 7) is 2.50. The predicted molar refractivity (Wildman–Crippen MR) is 186 cm³/mol. The van der Waals surface area contributed by atoms with E-state index in [-0.39, 0.29) is 19.1 Å². The maximum Gasteiger partial charge on any atom is 0.264 e. The number of allylic oxidation sites excluding steroid dienone is 1. The minimum absolute atomic E-state index is 0.0758. The van der Waals surface area contributed by atoms with Crippen molar-refractivity contribution in [1.82, 2.24) is 15.0 Å². The van der Waals surface area contributed by atoms with E-state index < -0.39 is 17.4 Å². The number of anilines is 3. The smallest absolute Gasteiger partial charge is 0.264 e. The Bertz CT molecular complexity index is 1900. The standard InChI is InChI=1S/C38H36ClN5O4/c1-27(10-8-9-21-42-24-35(40-41-42)33(25-45)29-11-4-2-5-12-29)38(48)34-22-30(39)17-20-36(34)43(37(38)47)23-28-15-18-32(19-16-28)44(26-46)31-13-6-3-7-14-31/h2-8,10-20,22,24,26-27,33,45,48H,9,21,23,25H2,1H3/b10-8+/t27-,33?,38+/m0/s1. The van der Waals surface area contributed by atoms with Crippen LogP contribution in [0.2, 0.25) is 5.02 Å². The summed E-state index contributed by atoms with van der Waals surface area (Å²) in [5.74, 6) is -1.26. The second-order valence-electron chi connectivity index (χ2n) is 11.9. The molecule has 2 N–H and O–H groups in total. The molecular weight excluding hydrogens is 626 g/mol. The monoisotopic (exact) mass is 661 g/mol. The number of nitrogens with zero attached hydrogens (tertiary/aromatic N) is 5. The fourth-order valence-corrected chi connectivity index (χ4v) is 6.34. The number of aliphatic hydroxyl groups excluding tert-OH is 1. The van der Waals surface area contributed by atoms with Crippen molar-refractivity contribution in [3.8, 4) is 0 Å². The van der Waals surface area contributed by atoms with Gasteiger partial charge in [0.2, 0.25) is 6.41 Å². The average Bonchev–Trinajstić information content (AvgIpc) is 3.66. The molecular formula is C38H36ClN5O4. The van der Waals surface area contributed by atoms with E-state index in [1.165, 1.54) is 0 Å². The summed E-state index contributed by atoms with van der Waals surface area (Å²) in [5, 5.41) is 31.0. The van der Waals surface area contributed by atoms with Crippen molar-refractivity contribution in [1.29, 1.82) is 0 Å². The topological polar surface area (TPSA) is 112 Å². The molecule has 1 aromatic heterocycles. The highest BCUT2D eigenvalue weighted by atomic mass is 35.5. The van der Waals surface area contributed by atoms with Gasteiger partial charge in [-0.25, -0.2) is 0 Å². The van der Waals surface area contributed by atoms with E-state index in [4.69, 9.17) is 11.6 Å². The van der Waals surface area contributed by atoms with E-state index in [0.29, 0.717) is 40.6 Å². The number of rotatable bonds is 13. The number of aromatic nitrogens is 3. The van der Waals surface area contributed by atoms with Gasteiger partial charge in [0, 0.05) is 40.6 Å². The quantitative estimate of drug-likeness (QED) is 0.112. The Morgan fingerprint density at radius 1 is 0.958 bits per heavy atom. The van der Waals surface area contributed by atoms with E-state index in [9.17, 15) is 19.8 Å². The lowest BCUT2D eigenvalue weighted by molar-refractivity contribution is -0.139. The predicted octanol–water partition coefficient (Wildman–Crippen LogP) is 6.37. The van der Waals surface area contributed by atoms with Crippen molar-refractivity contribution >= 4 is 41.0 Å². The molecule has 0 aliphatic carbocycles. The van der Waals surface area contributed by atoms with E-state index in [1.54, 1.807) is 32.7 Å². The number of halogens is 1. The van der Waals surface area contributed by atoms with Crippen LogP contribution in [0, 0.1) is 5.92 Å². The first-order valence-corrected chi connectivity index (χ1v) is 16.2. The maximum atomic E-state index is 14.0. The molecule has 3 atom stereocenters. The molecule has 48 heavy (non-hydrogen) atoms. The third kappa shape index (κ3) is 6.53. The van der Waals surface area contributed by atoms with Crippen molar-refractivity contribution in [2.75, 3.05) is 16.4 Å². The largest absolute Gasteiger partial charge is 0.395 e. The maximum absolute atomic E-state index is 14.0. The number of benzene rings is 4. The molecule has 2 heterocycles. The van der Waals surface area contributed by atoms with Gasteiger partial charge in [0.15, 0.2) is 5.60 Å². The molecule has 244 valence electrons. The first-order chi connectivity index (χ1) is 23.3. The number of hydrogen-bond donors (Lipinski definition) is 2. The van der Waals surface area contributed by atoms with Crippen LogP contribution in [0.25, 0.3) is 0 Å². The van der Waals surface area contributed by atoms with E-state index in [1.807, 2.05) is 110 Å². The number of amides is 2. The first kappa shape index (κ1) is 32.8.